The maximum atomic E-state index is 10.8. The lowest BCUT2D eigenvalue weighted by Crippen LogP contribution is -2.47. The molecular formula is C13H16BrN5O2. The number of carbonyl (C=O) groups is 1. The molecule has 1 aliphatic rings. The third-order valence-corrected chi connectivity index (χ3v) is 4.31. The average molecular weight is 354 g/mol. The Morgan fingerprint density at radius 2 is 2.43 bits per heavy atom. The molecular weight excluding hydrogens is 338 g/mol. The fourth-order valence-electron chi connectivity index (χ4n) is 2.86. The number of aromatic amines is 1. The molecule has 0 aliphatic carbocycles. The summed E-state index contributed by atoms with van der Waals surface area (Å²) in [6, 6.07) is -0.0773. The number of nitrogens with zero attached hydrogens (tertiary/aromatic N) is 2. The lowest BCUT2D eigenvalue weighted by molar-refractivity contribution is 0.188. The molecule has 1 aliphatic heterocycles. The molecule has 2 aromatic heterocycles. The van der Waals surface area contributed by atoms with E-state index in [0.29, 0.717) is 12.2 Å². The van der Waals surface area contributed by atoms with Gasteiger partial charge in [-0.2, -0.15) is 0 Å². The first kappa shape index (κ1) is 14.0. The Labute approximate surface area is 129 Å². The van der Waals surface area contributed by atoms with Gasteiger partial charge in [0, 0.05) is 31.5 Å². The highest BCUT2D eigenvalue weighted by atomic mass is 79.9. The Bertz CT molecular complexity index is 686. The average Bonchev–Trinajstić information content (AvgIpc) is 2.80. The number of nitrogen functional groups attached to an aromatic ring is 1. The summed E-state index contributed by atoms with van der Waals surface area (Å²) >= 11 is 3.53. The lowest BCUT2D eigenvalue weighted by atomic mass is 10.0. The van der Waals surface area contributed by atoms with Crippen LogP contribution in [0.4, 0.5) is 16.2 Å². The van der Waals surface area contributed by atoms with Crippen molar-refractivity contribution in [2.45, 2.75) is 18.9 Å². The number of hydrogen-bond donors (Lipinski definition) is 4. The summed E-state index contributed by atoms with van der Waals surface area (Å²) in [5.74, 6) is 0. The highest BCUT2D eigenvalue weighted by Gasteiger charge is 2.25. The largest absolute Gasteiger partial charge is 0.465 e. The van der Waals surface area contributed by atoms with Gasteiger partial charge in [0.05, 0.1) is 21.2 Å². The minimum atomic E-state index is -0.984. The molecule has 3 rings (SSSR count). The molecule has 0 radical (unpaired) electrons. The van der Waals surface area contributed by atoms with Gasteiger partial charge in [0.15, 0.2) is 0 Å². The number of fused-ring (bicyclic) bond motifs is 1. The number of aromatic nitrogens is 2. The first-order valence-electron chi connectivity index (χ1n) is 6.71. The molecule has 0 saturated carbocycles. The summed E-state index contributed by atoms with van der Waals surface area (Å²) in [4.78, 5) is 20.3. The van der Waals surface area contributed by atoms with E-state index in [1.54, 1.807) is 12.4 Å². The van der Waals surface area contributed by atoms with Gasteiger partial charge in [0.2, 0.25) is 0 Å². The van der Waals surface area contributed by atoms with Crippen molar-refractivity contribution in [2.24, 2.45) is 0 Å². The topological polar surface area (TPSA) is 107 Å². The zero-order valence-electron chi connectivity index (χ0n) is 11.3. The van der Waals surface area contributed by atoms with E-state index in [1.807, 2.05) is 0 Å². The predicted molar refractivity (Wildman–Crippen MR) is 84.6 cm³/mol. The number of rotatable bonds is 2. The van der Waals surface area contributed by atoms with Crippen molar-refractivity contribution < 1.29 is 9.90 Å². The van der Waals surface area contributed by atoms with Gasteiger partial charge < -0.3 is 26.0 Å². The van der Waals surface area contributed by atoms with Gasteiger partial charge in [-0.05, 0) is 28.8 Å². The van der Waals surface area contributed by atoms with Crippen LogP contribution >= 0.6 is 15.9 Å². The van der Waals surface area contributed by atoms with Gasteiger partial charge >= 0.3 is 6.09 Å². The number of amides is 1. The molecule has 21 heavy (non-hydrogen) atoms. The molecule has 1 saturated heterocycles. The number of hydrogen-bond acceptors (Lipinski definition) is 4. The van der Waals surface area contributed by atoms with Crippen molar-refractivity contribution in [1.29, 1.82) is 0 Å². The van der Waals surface area contributed by atoms with Gasteiger partial charge in [-0.1, -0.05) is 0 Å². The zero-order chi connectivity index (χ0) is 15.0. The van der Waals surface area contributed by atoms with Crippen molar-refractivity contribution in [1.82, 2.24) is 15.3 Å². The number of pyridine rings is 1. The summed E-state index contributed by atoms with van der Waals surface area (Å²) in [7, 11) is 0. The number of anilines is 2. The van der Waals surface area contributed by atoms with E-state index in [-0.39, 0.29) is 6.04 Å². The smallest absolute Gasteiger partial charge is 0.404 e. The molecule has 0 spiro atoms. The molecule has 7 nitrogen and oxygen atoms in total. The Balaban J connectivity index is 1.97. The van der Waals surface area contributed by atoms with E-state index in [2.05, 4.69) is 36.1 Å². The van der Waals surface area contributed by atoms with Crippen molar-refractivity contribution >= 4 is 44.4 Å². The normalized spacial score (nSPS) is 18.9. The van der Waals surface area contributed by atoms with Crippen LogP contribution in [0.15, 0.2) is 16.9 Å². The van der Waals surface area contributed by atoms with Crippen LogP contribution in [0.2, 0.25) is 0 Å². The number of H-pyrrole nitrogens is 1. The first-order chi connectivity index (χ1) is 10.1. The molecule has 0 bridgehead atoms. The van der Waals surface area contributed by atoms with Crippen molar-refractivity contribution in [2.75, 3.05) is 23.7 Å². The molecule has 3 heterocycles. The second kappa shape index (κ2) is 5.44. The quantitative estimate of drug-likeness (QED) is 0.661. The monoisotopic (exact) mass is 353 g/mol. The zero-order valence-corrected chi connectivity index (χ0v) is 12.9. The van der Waals surface area contributed by atoms with E-state index in [0.717, 1.165) is 40.6 Å². The van der Waals surface area contributed by atoms with Gasteiger partial charge in [-0.3, -0.25) is 0 Å². The van der Waals surface area contributed by atoms with Crippen LogP contribution in [0.3, 0.4) is 0 Å². The van der Waals surface area contributed by atoms with E-state index in [1.165, 1.54) is 0 Å². The lowest BCUT2D eigenvalue weighted by Gasteiger charge is -2.35. The molecule has 8 heteroatoms. The van der Waals surface area contributed by atoms with Crippen LogP contribution in [0.1, 0.15) is 12.8 Å². The summed E-state index contributed by atoms with van der Waals surface area (Å²) in [5, 5.41) is 12.3. The summed E-state index contributed by atoms with van der Waals surface area (Å²) in [5.41, 5.74) is 8.38. The molecule has 0 unspecified atom stereocenters. The maximum Gasteiger partial charge on any atom is 0.404 e. The number of piperidine rings is 1. The van der Waals surface area contributed by atoms with Crippen LogP contribution in [0.5, 0.6) is 0 Å². The molecule has 112 valence electrons. The van der Waals surface area contributed by atoms with Gasteiger partial charge in [0.25, 0.3) is 0 Å². The molecule has 1 amide bonds. The summed E-state index contributed by atoms with van der Waals surface area (Å²) in [6.07, 6.45) is 4.25. The van der Waals surface area contributed by atoms with E-state index >= 15 is 0 Å². The number of carboxylic acid groups (broad SMARTS) is 1. The minimum Gasteiger partial charge on any atom is -0.465 e. The molecule has 2 aromatic rings. The van der Waals surface area contributed by atoms with E-state index in [4.69, 9.17) is 10.8 Å². The maximum absolute atomic E-state index is 10.8. The third kappa shape index (κ3) is 2.63. The van der Waals surface area contributed by atoms with Crippen LogP contribution < -0.4 is 16.0 Å². The van der Waals surface area contributed by atoms with E-state index in [9.17, 15) is 4.79 Å². The molecule has 5 N–H and O–H groups in total. The first-order valence-corrected chi connectivity index (χ1v) is 7.51. The number of halogens is 1. The SMILES string of the molecule is Nc1c[nH]c2ncc(Br)c(N3CCC[C@@H](NC(=O)O)C3)c12. The van der Waals surface area contributed by atoms with Gasteiger partial charge in [0.1, 0.15) is 5.65 Å². The molecule has 0 aromatic carbocycles. The summed E-state index contributed by atoms with van der Waals surface area (Å²) < 4.78 is 0.859. The second-order valence-corrected chi connectivity index (χ2v) is 6.01. The fraction of sp³-hybridized carbons (Fsp3) is 0.385. The second-order valence-electron chi connectivity index (χ2n) is 5.16. The Hall–Kier alpha value is -1.96. The molecule has 1 atom stereocenters. The molecule has 1 fully saturated rings. The highest BCUT2D eigenvalue weighted by Crippen LogP contribution is 2.37. The van der Waals surface area contributed by atoms with Crippen molar-refractivity contribution in [3.63, 3.8) is 0 Å². The van der Waals surface area contributed by atoms with Crippen molar-refractivity contribution in [3.8, 4) is 0 Å². The van der Waals surface area contributed by atoms with E-state index < -0.39 is 6.09 Å². The van der Waals surface area contributed by atoms with Crippen molar-refractivity contribution in [3.05, 3.63) is 16.9 Å². The Morgan fingerprint density at radius 1 is 1.62 bits per heavy atom. The Kier molecular flexibility index (Phi) is 3.62. The minimum absolute atomic E-state index is 0.0773. The van der Waals surface area contributed by atoms with Gasteiger partial charge in [-0.15, -0.1) is 0 Å². The van der Waals surface area contributed by atoms with Crippen LogP contribution in [0, 0.1) is 0 Å². The number of nitrogens with two attached hydrogens (primary N) is 1. The third-order valence-electron chi connectivity index (χ3n) is 3.73. The summed E-state index contributed by atoms with van der Waals surface area (Å²) in [6.45, 7) is 1.48. The van der Waals surface area contributed by atoms with Crippen LogP contribution in [-0.4, -0.2) is 40.3 Å². The van der Waals surface area contributed by atoms with Crippen LogP contribution in [-0.2, 0) is 0 Å². The Morgan fingerprint density at radius 3 is 3.19 bits per heavy atom. The highest BCUT2D eigenvalue weighted by molar-refractivity contribution is 9.10. The standard InChI is InChI=1S/C13H16BrN5O2/c14-8-4-16-12-10(9(15)5-17-12)11(8)19-3-1-2-7(6-19)18-13(20)21/h4-5,7,18H,1-3,6,15H2,(H,16,17)(H,20,21)/t7-/m1/s1. The number of nitrogens with one attached hydrogen (secondary N) is 2. The van der Waals surface area contributed by atoms with Crippen LogP contribution in [0.25, 0.3) is 11.0 Å². The fourth-order valence-corrected chi connectivity index (χ4v) is 3.41. The van der Waals surface area contributed by atoms with Gasteiger partial charge in [-0.25, -0.2) is 9.78 Å². The predicted octanol–water partition coefficient (Wildman–Crippen LogP) is 2.14.